The molecule has 2 amide bonds. The van der Waals surface area contributed by atoms with Crippen molar-refractivity contribution in [2.45, 2.75) is 20.3 Å². The molecular weight excluding hydrogens is 344 g/mol. The Morgan fingerprint density at radius 3 is 2.37 bits per heavy atom. The normalized spacial score (nSPS) is 10.4. The molecule has 0 aliphatic rings. The Balaban J connectivity index is 1.99. The van der Waals surface area contributed by atoms with Crippen LogP contribution in [0, 0.1) is 5.92 Å². The van der Waals surface area contributed by atoms with E-state index in [-0.39, 0.29) is 17.7 Å². The maximum atomic E-state index is 12.5. The molecule has 0 aromatic heterocycles. The predicted molar refractivity (Wildman–Crippen MR) is 105 cm³/mol. The molecule has 0 bridgehead atoms. The number of ether oxygens (including phenoxy) is 2. The van der Waals surface area contributed by atoms with Crippen molar-refractivity contribution >= 4 is 17.5 Å². The van der Waals surface area contributed by atoms with Gasteiger partial charge in [-0.2, -0.15) is 0 Å². The van der Waals surface area contributed by atoms with Gasteiger partial charge in [-0.05, 0) is 36.2 Å². The summed E-state index contributed by atoms with van der Waals surface area (Å²) in [7, 11) is 3.18. The van der Waals surface area contributed by atoms with Crippen LogP contribution in [0.15, 0.2) is 42.5 Å². The summed E-state index contributed by atoms with van der Waals surface area (Å²) in [6, 6.07) is 12.6. The van der Waals surface area contributed by atoms with Gasteiger partial charge in [0.1, 0.15) is 0 Å². The molecule has 144 valence electrons. The van der Waals surface area contributed by atoms with Crippen molar-refractivity contribution in [1.29, 1.82) is 0 Å². The number of nitrogens with one attached hydrogen (secondary N) is 2. The highest BCUT2D eigenvalue weighted by Gasteiger charge is 2.14. The Kier molecular flexibility index (Phi) is 7.23. The third-order valence-corrected chi connectivity index (χ3v) is 4.10. The molecule has 0 atom stereocenters. The summed E-state index contributed by atoms with van der Waals surface area (Å²) < 4.78 is 10.5. The lowest BCUT2D eigenvalue weighted by Gasteiger charge is -2.13. The van der Waals surface area contributed by atoms with Crippen LogP contribution >= 0.6 is 0 Å². The number of carbonyl (C=O) groups is 2. The smallest absolute Gasteiger partial charge is 0.253 e. The lowest BCUT2D eigenvalue weighted by atomic mass is 10.1. The van der Waals surface area contributed by atoms with Gasteiger partial charge in [-0.1, -0.05) is 32.0 Å². The maximum absolute atomic E-state index is 12.5. The van der Waals surface area contributed by atoms with Crippen LogP contribution in [-0.2, 0) is 11.2 Å². The number of hydrogen-bond acceptors (Lipinski definition) is 4. The molecule has 6 heteroatoms. The molecule has 2 rings (SSSR count). The highest BCUT2D eigenvalue weighted by Crippen LogP contribution is 2.27. The van der Waals surface area contributed by atoms with Crippen molar-refractivity contribution in [3.63, 3.8) is 0 Å². The van der Waals surface area contributed by atoms with Gasteiger partial charge >= 0.3 is 0 Å². The van der Waals surface area contributed by atoms with E-state index in [9.17, 15) is 9.59 Å². The van der Waals surface area contributed by atoms with Crippen LogP contribution < -0.4 is 20.1 Å². The number of amides is 2. The molecule has 0 saturated carbocycles. The molecule has 2 N–H and O–H groups in total. The molecule has 0 spiro atoms. The molecule has 0 saturated heterocycles. The first-order chi connectivity index (χ1) is 13.0. The third kappa shape index (κ3) is 5.48. The summed E-state index contributed by atoms with van der Waals surface area (Å²) in [5, 5.41) is 5.69. The van der Waals surface area contributed by atoms with Gasteiger partial charge in [0.2, 0.25) is 5.91 Å². The highest BCUT2D eigenvalue weighted by atomic mass is 16.5. The lowest BCUT2D eigenvalue weighted by Crippen LogP contribution is -2.27. The van der Waals surface area contributed by atoms with Gasteiger partial charge in [0.25, 0.3) is 5.91 Å². The van der Waals surface area contributed by atoms with Gasteiger partial charge < -0.3 is 20.1 Å². The van der Waals surface area contributed by atoms with Crippen LogP contribution in [0.3, 0.4) is 0 Å². The minimum atomic E-state index is -0.227. The number of methoxy groups -OCH3 is 2. The van der Waals surface area contributed by atoms with Crippen LogP contribution in [0.25, 0.3) is 0 Å². The monoisotopic (exact) mass is 370 g/mol. The fourth-order valence-electron chi connectivity index (χ4n) is 2.52. The van der Waals surface area contributed by atoms with Crippen LogP contribution in [0.4, 0.5) is 5.69 Å². The first kappa shape index (κ1) is 20.3. The minimum absolute atomic E-state index is 0.124. The largest absolute Gasteiger partial charge is 0.493 e. The Morgan fingerprint density at radius 2 is 1.70 bits per heavy atom. The van der Waals surface area contributed by atoms with Gasteiger partial charge in [-0.15, -0.1) is 0 Å². The zero-order valence-electron chi connectivity index (χ0n) is 16.2. The van der Waals surface area contributed by atoms with Crippen LogP contribution in [0.5, 0.6) is 11.5 Å². The first-order valence-corrected chi connectivity index (χ1v) is 8.85. The Hall–Kier alpha value is -3.02. The fraction of sp³-hybridized carbons (Fsp3) is 0.333. The van der Waals surface area contributed by atoms with Gasteiger partial charge in [0.05, 0.1) is 25.5 Å². The highest BCUT2D eigenvalue weighted by molar-refractivity contribution is 6.04. The molecule has 0 aliphatic carbocycles. The zero-order valence-corrected chi connectivity index (χ0v) is 16.2. The number of anilines is 1. The number of benzene rings is 2. The number of para-hydroxylation sites is 1. The van der Waals surface area contributed by atoms with E-state index in [4.69, 9.17) is 9.47 Å². The van der Waals surface area contributed by atoms with Gasteiger partial charge in [-0.3, -0.25) is 9.59 Å². The molecule has 0 radical (unpaired) electrons. The number of carbonyl (C=O) groups excluding carboxylic acids is 2. The van der Waals surface area contributed by atoms with Crippen LogP contribution in [0.1, 0.15) is 29.8 Å². The Bertz CT molecular complexity index is 803. The summed E-state index contributed by atoms with van der Waals surface area (Å²) in [6.45, 7) is 4.07. The third-order valence-electron chi connectivity index (χ3n) is 4.10. The Labute approximate surface area is 159 Å². The van der Waals surface area contributed by atoms with Crippen molar-refractivity contribution in [1.82, 2.24) is 5.32 Å². The molecule has 2 aromatic rings. The second kappa shape index (κ2) is 9.62. The molecule has 27 heavy (non-hydrogen) atoms. The quantitative estimate of drug-likeness (QED) is 0.748. The second-order valence-electron chi connectivity index (χ2n) is 6.38. The van der Waals surface area contributed by atoms with Gasteiger partial charge in [-0.25, -0.2) is 0 Å². The average molecular weight is 370 g/mol. The molecule has 0 heterocycles. The minimum Gasteiger partial charge on any atom is -0.493 e. The first-order valence-electron chi connectivity index (χ1n) is 8.85. The van der Waals surface area contributed by atoms with Crippen molar-refractivity contribution in [3.05, 3.63) is 53.6 Å². The topological polar surface area (TPSA) is 76.7 Å². The summed E-state index contributed by atoms with van der Waals surface area (Å²) >= 11 is 0. The zero-order chi connectivity index (χ0) is 19.8. The summed E-state index contributed by atoms with van der Waals surface area (Å²) in [4.78, 5) is 24.5. The van der Waals surface area contributed by atoms with E-state index in [1.165, 1.54) is 0 Å². The van der Waals surface area contributed by atoms with Crippen molar-refractivity contribution in [3.8, 4) is 11.5 Å². The average Bonchev–Trinajstić information content (AvgIpc) is 2.68. The van der Waals surface area contributed by atoms with E-state index < -0.39 is 0 Å². The standard InChI is InChI=1S/C21H26N2O4/c1-14(2)20(24)23-17-8-6-5-7-16(17)21(25)22-12-11-15-9-10-18(26-3)19(13-15)27-4/h5-10,13-14H,11-12H2,1-4H3,(H,22,25)(H,23,24). The van der Waals surface area contributed by atoms with Gasteiger partial charge in [0.15, 0.2) is 11.5 Å². The fourth-order valence-corrected chi connectivity index (χ4v) is 2.52. The predicted octanol–water partition coefficient (Wildman–Crippen LogP) is 3.27. The molecule has 6 nitrogen and oxygen atoms in total. The van der Waals surface area contributed by atoms with E-state index >= 15 is 0 Å². The second-order valence-corrected chi connectivity index (χ2v) is 6.38. The maximum Gasteiger partial charge on any atom is 0.253 e. The summed E-state index contributed by atoms with van der Waals surface area (Å²) in [5.41, 5.74) is 1.98. The summed E-state index contributed by atoms with van der Waals surface area (Å²) in [5.74, 6) is 0.810. The SMILES string of the molecule is COc1ccc(CCNC(=O)c2ccccc2NC(=O)C(C)C)cc1OC. The van der Waals surface area contributed by atoms with Crippen molar-refractivity contribution in [2.24, 2.45) is 5.92 Å². The molecular formula is C21H26N2O4. The number of hydrogen-bond donors (Lipinski definition) is 2. The van der Waals surface area contributed by atoms with E-state index in [0.29, 0.717) is 35.7 Å². The Morgan fingerprint density at radius 1 is 1.00 bits per heavy atom. The van der Waals surface area contributed by atoms with Gasteiger partial charge in [0, 0.05) is 12.5 Å². The van der Waals surface area contributed by atoms with Crippen molar-refractivity contribution < 1.29 is 19.1 Å². The van der Waals surface area contributed by atoms with Crippen molar-refractivity contribution in [2.75, 3.05) is 26.1 Å². The van der Waals surface area contributed by atoms with E-state index in [0.717, 1.165) is 5.56 Å². The molecule has 0 fully saturated rings. The van der Waals surface area contributed by atoms with Crippen LogP contribution in [0.2, 0.25) is 0 Å². The molecule has 2 aromatic carbocycles. The van der Waals surface area contributed by atoms with Crippen LogP contribution in [-0.4, -0.2) is 32.6 Å². The number of rotatable bonds is 8. The summed E-state index contributed by atoms with van der Waals surface area (Å²) in [6.07, 6.45) is 0.645. The van der Waals surface area contributed by atoms with E-state index in [2.05, 4.69) is 10.6 Å². The van der Waals surface area contributed by atoms with E-state index in [1.807, 2.05) is 18.2 Å². The lowest BCUT2D eigenvalue weighted by molar-refractivity contribution is -0.118. The van der Waals surface area contributed by atoms with E-state index in [1.54, 1.807) is 52.3 Å². The molecule has 0 aliphatic heterocycles. The molecule has 0 unspecified atom stereocenters.